The van der Waals surface area contributed by atoms with Gasteiger partial charge >= 0.3 is 0 Å². The molecule has 0 aliphatic rings. The molecule has 0 spiro atoms. The van der Waals surface area contributed by atoms with Crippen molar-refractivity contribution < 1.29 is 9.53 Å². The maximum Gasteiger partial charge on any atom is 0.258 e. The van der Waals surface area contributed by atoms with E-state index in [4.69, 9.17) is 4.74 Å². The summed E-state index contributed by atoms with van der Waals surface area (Å²) in [5.74, 6) is 0.590. The molecule has 1 rings (SSSR count). The van der Waals surface area contributed by atoms with Crippen LogP contribution in [0.3, 0.4) is 0 Å². The number of para-hydroxylation sites is 1. The molecule has 0 saturated carbocycles. The summed E-state index contributed by atoms with van der Waals surface area (Å²) >= 11 is 3.35. The lowest BCUT2D eigenvalue weighted by atomic mass is 10.2. The Labute approximate surface area is 104 Å². The first-order valence-electron chi connectivity index (χ1n) is 5.30. The zero-order chi connectivity index (χ0) is 12.0. The summed E-state index contributed by atoms with van der Waals surface area (Å²) < 4.78 is 6.24. The van der Waals surface area contributed by atoms with Crippen LogP contribution in [0.5, 0.6) is 5.75 Å². The van der Waals surface area contributed by atoms with Crippen LogP contribution in [0.25, 0.3) is 0 Å². The van der Waals surface area contributed by atoms with Crippen molar-refractivity contribution in [1.29, 1.82) is 0 Å². The summed E-state index contributed by atoms with van der Waals surface area (Å²) in [6.45, 7) is 4.04. The largest absolute Gasteiger partial charge is 0.483 e. The van der Waals surface area contributed by atoms with Crippen LogP contribution < -0.4 is 10.1 Å². The van der Waals surface area contributed by atoms with E-state index in [1.165, 1.54) is 0 Å². The Balaban J connectivity index is 2.40. The number of hydrogen-bond acceptors (Lipinski definition) is 2. The Kier molecular flexibility index (Phi) is 5.32. The van der Waals surface area contributed by atoms with Crippen LogP contribution in [0, 0.1) is 0 Å². The quantitative estimate of drug-likeness (QED) is 0.903. The van der Waals surface area contributed by atoms with E-state index in [2.05, 4.69) is 21.2 Å². The fourth-order valence-corrected chi connectivity index (χ4v) is 1.52. The van der Waals surface area contributed by atoms with Crippen molar-refractivity contribution in [3.05, 3.63) is 28.7 Å². The normalized spacial score (nSPS) is 11.9. The number of carbonyl (C=O) groups excluding carboxylic acids is 1. The van der Waals surface area contributed by atoms with E-state index >= 15 is 0 Å². The minimum Gasteiger partial charge on any atom is -0.483 e. The molecule has 1 aromatic rings. The van der Waals surface area contributed by atoms with Crippen LogP contribution >= 0.6 is 15.9 Å². The lowest BCUT2D eigenvalue weighted by Gasteiger charge is -2.12. The molecule has 0 aliphatic heterocycles. The van der Waals surface area contributed by atoms with Gasteiger partial charge in [-0.3, -0.25) is 4.79 Å². The monoisotopic (exact) mass is 285 g/mol. The Morgan fingerprint density at radius 1 is 1.50 bits per heavy atom. The van der Waals surface area contributed by atoms with E-state index in [-0.39, 0.29) is 18.6 Å². The predicted octanol–water partition coefficient (Wildman–Crippen LogP) is 2.74. The number of halogens is 1. The van der Waals surface area contributed by atoms with Gasteiger partial charge in [-0.25, -0.2) is 0 Å². The Bertz CT molecular complexity index is 355. The molecule has 0 aliphatic carbocycles. The molecule has 4 heteroatoms. The molecule has 1 aromatic carbocycles. The molecule has 88 valence electrons. The lowest BCUT2D eigenvalue weighted by molar-refractivity contribution is -0.123. The predicted molar refractivity (Wildman–Crippen MR) is 67.5 cm³/mol. The Morgan fingerprint density at radius 2 is 2.19 bits per heavy atom. The van der Waals surface area contributed by atoms with Gasteiger partial charge in [0, 0.05) is 6.04 Å². The molecule has 0 aromatic heterocycles. The molecule has 1 N–H and O–H groups in total. The number of carbonyl (C=O) groups is 1. The first-order valence-corrected chi connectivity index (χ1v) is 6.09. The van der Waals surface area contributed by atoms with Crippen LogP contribution in [0.2, 0.25) is 0 Å². The van der Waals surface area contributed by atoms with Crippen LogP contribution in [-0.2, 0) is 4.79 Å². The van der Waals surface area contributed by atoms with Gasteiger partial charge in [0.15, 0.2) is 6.61 Å². The second kappa shape index (κ2) is 6.53. The standard InChI is InChI=1S/C12H16BrNO2/c1-3-9(2)14-12(15)8-16-11-7-5-4-6-10(11)13/h4-7,9H,3,8H2,1-2H3,(H,14,15). The minimum atomic E-state index is -0.0925. The molecule has 1 unspecified atom stereocenters. The van der Waals surface area contributed by atoms with Crippen molar-refractivity contribution >= 4 is 21.8 Å². The Hall–Kier alpha value is -1.03. The lowest BCUT2D eigenvalue weighted by Crippen LogP contribution is -2.35. The summed E-state index contributed by atoms with van der Waals surface area (Å²) in [6.07, 6.45) is 0.917. The third-order valence-electron chi connectivity index (χ3n) is 2.22. The first-order chi connectivity index (χ1) is 7.63. The van der Waals surface area contributed by atoms with E-state index in [9.17, 15) is 4.79 Å². The summed E-state index contributed by atoms with van der Waals surface area (Å²) in [5.41, 5.74) is 0. The van der Waals surface area contributed by atoms with Gasteiger partial charge < -0.3 is 10.1 Å². The molecule has 1 amide bonds. The maximum absolute atomic E-state index is 11.4. The number of rotatable bonds is 5. The summed E-state index contributed by atoms with van der Waals surface area (Å²) in [6, 6.07) is 7.65. The molecule has 3 nitrogen and oxygen atoms in total. The van der Waals surface area contributed by atoms with Crippen molar-refractivity contribution in [2.24, 2.45) is 0 Å². The molecule has 0 saturated heterocycles. The number of hydrogen-bond donors (Lipinski definition) is 1. The molecule has 1 atom stereocenters. The fraction of sp³-hybridized carbons (Fsp3) is 0.417. The minimum absolute atomic E-state index is 0.0486. The molecular formula is C12H16BrNO2. The fourth-order valence-electron chi connectivity index (χ4n) is 1.12. The first kappa shape index (κ1) is 13.0. The van der Waals surface area contributed by atoms with Gasteiger partial charge in [-0.2, -0.15) is 0 Å². The Morgan fingerprint density at radius 3 is 2.81 bits per heavy atom. The van der Waals surface area contributed by atoms with Gasteiger partial charge in [0.2, 0.25) is 0 Å². The maximum atomic E-state index is 11.4. The van der Waals surface area contributed by atoms with E-state index in [0.29, 0.717) is 5.75 Å². The summed E-state index contributed by atoms with van der Waals surface area (Å²) in [5, 5.41) is 2.84. The van der Waals surface area contributed by atoms with Gasteiger partial charge in [0.05, 0.1) is 4.47 Å². The summed E-state index contributed by atoms with van der Waals surface area (Å²) in [4.78, 5) is 11.4. The van der Waals surface area contributed by atoms with E-state index in [1.807, 2.05) is 38.1 Å². The van der Waals surface area contributed by atoms with Crippen molar-refractivity contribution in [2.45, 2.75) is 26.3 Å². The van der Waals surface area contributed by atoms with E-state index in [0.717, 1.165) is 10.9 Å². The number of benzene rings is 1. The van der Waals surface area contributed by atoms with Gasteiger partial charge in [0.1, 0.15) is 5.75 Å². The summed E-state index contributed by atoms with van der Waals surface area (Å²) in [7, 11) is 0. The van der Waals surface area contributed by atoms with Crippen molar-refractivity contribution in [1.82, 2.24) is 5.32 Å². The van der Waals surface area contributed by atoms with Crippen LogP contribution in [0.15, 0.2) is 28.7 Å². The highest BCUT2D eigenvalue weighted by Gasteiger charge is 2.07. The zero-order valence-corrected chi connectivity index (χ0v) is 11.1. The molecular weight excluding hydrogens is 270 g/mol. The van der Waals surface area contributed by atoms with Gasteiger partial charge in [0.25, 0.3) is 5.91 Å². The SMILES string of the molecule is CCC(C)NC(=O)COc1ccccc1Br. The number of amides is 1. The highest BCUT2D eigenvalue weighted by Crippen LogP contribution is 2.23. The van der Waals surface area contributed by atoms with Crippen LogP contribution in [-0.4, -0.2) is 18.6 Å². The van der Waals surface area contributed by atoms with Crippen molar-refractivity contribution in [3.63, 3.8) is 0 Å². The number of ether oxygens (including phenoxy) is 1. The second-order valence-electron chi connectivity index (χ2n) is 3.60. The molecule has 16 heavy (non-hydrogen) atoms. The van der Waals surface area contributed by atoms with Gasteiger partial charge in [-0.1, -0.05) is 19.1 Å². The van der Waals surface area contributed by atoms with Crippen LogP contribution in [0.1, 0.15) is 20.3 Å². The average molecular weight is 286 g/mol. The smallest absolute Gasteiger partial charge is 0.258 e. The van der Waals surface area contributed by atoms with Gasteiger partial charge in [-0.15, -0.1) is 0 Å². The van der Waals surface area contributed by atoms with Crippen molar-refractivity contribution in [3.8, 4) is 5.75 Å². The molecule has 0 fully saturated rings. The highest BCUT2D eigenvalue weighted by atomic mass is 79.9. The van der Waals surface area contributed by atoms with E-state index < -0.39 is 0 Å². The molecule has 0 heterocycles. The van der Waals surface area contributed by atoms with E-state index in [1.54, 1.807) is 0 Å². The number of nitrogens with one attached hydrogen (secondary N) is 1. The highest BCUT2D eigenvalue weighted by molar-refractivity contribution is 9.10. The average Bonchev–Trinajstić information content (AvgIpc) is 2.28. The topological polar surface area (TPSA) is 38.3 Å². The third-order valence-corrected chi connectivity index (χ3v) is 2.87. The molecule has 0 radical (unpaired) electrons. The van der Waals surface area contributed by atoms with Gasteiger partial charge in [-0.05, 0) is 41.4 Å². The molecule has 0 bridgehead atoms. The second-order valence-corrected chi connectivity index (χ2v) is 4.45. The van der Waals surface area contributed by atoms with Crippen molar-refractivity contribution in [2.75, 3.05) is 6.61 Å². The zero-order valence-electron chi connectivity index (χ0n) is 9.50. The van der Waals surface area contributed by atoms with Crippen LogP contribution in [0.4, 0.5) is 0 Å². The third kappa shape index (κ3) is 4.23.